The maximum atomic E-state index is 12.5. The second kappa shape index (κ2) is 18.9. The quantitative estimate of drug-likeness (QED) is 0.0458. The molecule has 1 aliphatic heterocycles. The minimum absolute atomic E-state index is 0.00691. The number of benzene rings is 5. The summed E-state index contributed by atoms with van der Waals surface area (Å²) in [6.45, 7) is 3.36. The molecule has 5 aromatic rings. The van der Waals surface area contributed by atoms with Crippen LogP contribution in [0.4, 0.5) is 0 Å². The Morgan fingerprint density at radius 1 is 0.759 bits per heavy atom. The Morgan fingerprint density at radius 3 is 2.24 bits per heavy atom. The van der Waals surface area contributed by atoms with Crippen LogP contribution in [0.2, 0.25) is 0 Å². The van der Waals surface area contributed by atoms with Crippen LogP contribution in [0.15, 0.2) is 115 Å². The van der Waals surface area contributed by atoms with Crippen molar-refractivity contribution in [1.29, 1.82) is 0 Å². The predicted octanol–water partition coefficient (Wildman–Crippen LogP) is 8.31. The number of unbranched alkanes of at least 4 members (excludes halogenated alkanes) is 2. The highest BCUT2D eigenvalue weighted by molar-refractivity contribution is 5.83. The van der Waals surface area contributed by atoms with E-state index in [-0.39, 0.29) is 37.2 Å². The third-order valence-corrected chi connectivity index (χ3v) is 10.4. The molecule has 5 aromatic carbocycles. The Morgan fingerprint density at radius 2 is 1.48 bits per heavy atom. The SMILES string of the molecule is C[C@H](c1ccc2ccccc2c1)N(C)C[C@@H]1C[C@H](c2ccc(CO)cc2)O[C@H](c2cccc(-c3cccc(CNC(=O)CCCCCC(=O)NO)c3)c2)O1. The Labute approximate surface area is 317 Å². The second-order valence-electron chi connectivity index (χ2n) is 14.3. The number of aliphatic hydroxyl groups is 1. The molecule has 1 fully saturated rings. The van der Waals surface area contributed by atoms with Gasteiger partial charge in [-0.05, 0) is 89.2 Å². The van der Waals surface area contributed by atoms with Gasteiger partial charge in [-0.3, -0.25) is 19.7 Å². The third kappa shape index (κ3) is 10.4. The maximum absolute atomic E-state index is 12.5. The molecule has 0 aromatic heterocycles. The number of likely N-dealkylation sites (N-methyl/N-ethyl adjacent to an activating group) is 1. The Balaban J connectivity index is 1.14. The number of aliphatic hydroxyl groups excluding tert-OH is 1. The molecule has 0 bridgehead atoms. The van der Waals surface area contributed by atoms with Crippen LogP contribution in [0.5, 0.6) is 0 Å². The van der Waals surface area contributed by atoms with Crippen LogP contribution < -0.4 is 10.8 Å². The molecule has 1 saturated heterocycles. The van der Waals surface area contributed by atoms with E-state index in [2.05, 4.69) is 90.9 Å². The molecule has 4 atom stereocenters. The van der Waals surface area contributed by atoms with Crippen molar-refractivity contribution in [3.63, 3.8) is 0 Å². The third-order valence-electron chi connectivity index (χ3n) is 10.4. The smallest absolute Gasteiger partial charge is 0.243 e. The number of rotatable bonds is 16. The summed E-state index contributed by atoms with van der Waals surface area (Å²) in [5.74, 6) is -0.443. The van der Waals surface area contributed by atoms with E-state index in [1.54, 1.807) is 5.48 Å². The van der Waals surface area contributed by atoms with Crippen molar-refractivity contribution >= 4 is 22.6 Å². The second-order valence-corrected chi connectivity index (χ2v) is 14.3. The van der Waals surface area contributed by atoms with Gasteiger partial charge in [0, 0.05) is 44.0 Å². The zero-order chi connectivity index (χ0) is 37.9. The molecule has 0 unspecified atom stereocenters. The molecule has 1 aliphatic rings. The molecule has 0 radical (unpaired) electrons. The molecular weight excluding hydrogens is 679 g/mol. The van der Waals surface area contributed by atoms with Gasteiger partial charge in [0.05, 0.1) is 18.8 Å². The summed E-state index contributed by atoms with van der Waals surface area (Å²) in [6.07, 6.45) is 2.48. The summed E-state index contributed by atoms with van der Waals surface area (Å²) in [5, 5.41) is 23.7. The minimum Gasteiger partial charge on any atom is -0.392 e. The normalized spacial score (nSPS) is 17.7. The molecule has 282 valence electrons. The fourth-order valence-corrected chi connectivity index (χ4v) is 7.05. The van der Waals surface area contributed by atoms with Crippen LogP contribution in [-0.4, -0.2) is 46.7 Å². The zero-order valence-corrected chi connectivity index (χ0v) is 31.1. The van der Waals surface area contributed by atoms with Crippen LogP contribution in [-0.2, 0) is 32.2 Å². The number of nitrogens with one attached hydrogen (secondary N) is 2. The standard InChI is InChI=1S/C45H51N3O6/c1-31(36-23-22-34-11-6-7-12-38(34)25-36)48(2)29-41-27-42(35-20-18-32(30-49)19-21-35)54-45(53-41)40-15-9-14-39(26-40)37-13-8-10-33(24-37)28-46-43(50)16-4-3-5-17-44(51)47-52/h6-15,18-26,31,41-42,45,49,52H,3-5,16-17,27-30H2,1-2H3,(H,46,50)(H,47,51)/t31-,41+,42-,45-/m1/s1. The lowest BCUT2D eigenvalue weighted by molar-refractivity contribution is -0.253. The lowest BCUT2D eigenvalue weighted by Crippen LogP contribution is -2.38. The van der Waals surface area contributed by atoms with Crippen LogP contribution in [0.1, 0.15) is 91.7 Å². The van der Waals surface area contributed by atoms with Gasteiger partial charge in [0.2, 0.25) is 11.8 Å². The summed E-state index contributed by atoms with van der Waals surface area (Å²) >= 11 is 0. The summed E-state index contributed by atoms with van der Waals surface area (Å²) < 4.78 is 13.5. The molecule has 9 nitrogen and oxygen atoms in total. The van der Waals surface area contributed by atoms with Crippen molar-refractivity contribution in [1.82, 2.24) is 15.7 Å². The molecule has 6 rings (SSSR count). The van der Waals surface area contributed by atoms with Gasteiger partial charge in [-0.1, -0.05) is 103 Å². The number of hydrogen-bond acceptors (Lipinski definition) is 7. The van der Waals surface area contributed by atoms with Crippen LogP contribution in [0.25, 0.3) is 21.9 Å². The number of nitrogens with zero attached hydrogens (tertiary/aromatic N) is 1. The zero-order valence-electron chi connectivity index (χ0n) is 31.1. The van der Waals surface area contributed by atoms with E-state index in [0.29, 0.717) is 38.8 Å². The van der Waals surface area contributed by atoms with Crippen molar-refractivity contribution in [3.8, 4) is 11.1 Å². The number of carbonyl (C=O) groups is 2. The lowest BCUT2D eigenvalue weighted by Gasteiger charge is -2.39. The largest absolute Gasteiger partial charge is 0.392 e. The first-order chi connectivity index (χ1) is 26.3. The van der Waals surface area contributed by atoms with Gasteiger partial charge in [-0.15, -0.1) is 0 Å². The average molecular weight is 730 g/mol. The molecule has 9 heteroatoms. The van der Waals surface area contributed by atoms with Gasteiger partial charge < -0.3 is 19.9 Å². The Bertz CT molecular complexity index is 2000. The molecule has 1 heterocycles. The topological polar surface area (TPSA) is 120 Å². The highest BCUT2D eigenvalue weighted by Crippen LogP contribution is 2.39. The number of ether oxygens (including phenoxy) is 2. The minimum atomic E-state index is -0.587. The first-order valence-electron chi connectivity index (χ1n) is 18.9. The van der Waals surface area contributed by atoms with Crippen LogP contribution in [0.3, 0.4) is 0 Å². The number of hydroxylamine groups is 1. The van der Waals surface area contributed by atoms with Gasteiger partial charge in [0.25, 0.3) is 0 Å². The monoisotopic (exact) mass is 729 g/mol. The van der Waals surface area contributed by atoms with Crippen molar-refractivity contribution in [2.24, 2.45) is 0 Å². The first kappa shape index (κ1) is 38.8. The number of amides is 2. The van der Waals surface area contributed by atoms with E-state index < -0.39 is 12.2 Å². The number of hydrogen-bond donors (Lipinski definition) is 4. The number of carbonyl (C=O) groups excluding carboxylic acids is 2. The van der Waals surface area contributed by atoms with Gasteiger partial charge in [0.15, 0.2) is 6.29 Å². The fraction of sp³-hybridized carbons (Fsp3) is 0.333. The van der Waals surface area contributed by atoms with Crippen molar-refractivity contribution in [2.75, 3.05) is 13.6 Å². The van der Waals surface area contributed by atoms with E-state index in [9.17, 15) is 14.7 Å². The Kier molecular flexibility index (Phi) is 13.6. The van der Waals surface area contributed by atoms with E-state index >= 15 is 0 Å². The maximum Gasteiger partial charge on any atom is 0.243 e. The highest BCUT2D eigenvalue weighted by Gasteiger charge is 2.33. The molecule has 0 saturated carbocycles. The van der Waals surface area contributed by atoms with Crippen molar-refractivity contribution in [3.05, 3.63) is 143 Å². The van der Waals surface area contributed by atoms with Crippen molar-refractivity contribution < 1.29 is 29.4 Å². The molecule has 54 heavy (non-hydrogen) atoms. The van der Waals surface area contributed by atoms with Gasteiger partial charge in [-0.2, -0.15) is 0 Å². The molecule has 4 N–H and O–H groups in total. The molecule has 0 aliphatic carbocycles. The van der Waals surface area contributed by atoms with Crippen LogP contribution in [0, 0.1) is 0 Å². The lowest BCUT2D eigenvalue weighted by atomic mass is 9.97. The van der Waals surface area contributed by atoms with Gasteiger partial charge in [0.1, 0.15) is 0 Å². The van der Waals surface area contributed by atoms with Gasteiger partial charge >= 0.3 is 0 Å². The molecular formula is C45H51N3O6. The fourth-order valence-electron chi connectivity index (χ4n) is 7.05. The van der Waals surface area contributed by atoms with E-state index in [1.807, 2.05) is 48.5 Å². The summed E-state index contributed by atoms with van der Waals surface area (Å²) in [6, 6.07) is 39.7. The summed E-state index contributed by atoms with van der Waals surface area (Å²) in [4.78, 5) is 26.0. The van der Waals surface area contributed by atoms with Crippen LogP contribution >= 0.6 is 0 Å². The summed E-state index contributed by atoms with van der Waals surface area (Å²) in [5.41, 5.74) is 8.76. The summed E-state index contributed by atoms with van der Waals surface area (Å²) in [7, 11) is 2.15. The van der Waals surface area contributed by atoms with Crippen molar-refractivity contribution in [2.45, 2.75) is 83.1 Å². The average Bonchev–Trinajstić information content (AvgIpc) is 3.22. The van der Waals surface area contributed by atoms with Gasteiger partial charge in [-0.25, -0.2) is 5.48 Å². The molecule has 2 amide bonds. The Hall–Kier alpha value is -4.90. The first-order valence-corrected chi connectivity index (χ1v) is 18.9. The molecule has 0 spiro atoms. The predicted molar refractivity (Wildman–Crippen MR) is 210 cm³/mol. The van der Waals surface area contributed by atoms with E-state index in [4.69, 9.17) is 14.7 Å². The highest BCUT2D eigenvalue weighted by atomic mass is 16.7. The van der Waals surface area contributed by atoms with E-state index in [1.165, 1.54) is 16.3 Å². The van der Waals surface area contributed by atoms with E-state index in [0.717, 1.165) is 39.8 Å². The number of fused-ring (bicyclic) bond motifs is 1.